The number of nitrogens with zero attached hydrogens (tertiary/aromatic N) is 1. The molecule has 0 heterocycles. The van der Waals surface area contributed by atoms with Crippen LogP contribution in [0.25, 0.3) is 0 Å². The van der Waals surface area contributed by atoms with Crippen LogP contribution in [-0.4, -0.2) is 51.2 Å². The van der Waals surface area contributed by atoms with Crippen molar-refractivity contribution in [2.24, 2.45) is 5.73 Å². The molecule has 1 aromatic carbocycles. The molecule has 114 valence electrons. The first-order valence-corrected chi connectivity index (χ1v) is 7.69. The second kappa shape index (κ2) is 7.14. The van der Waals surface area contributed by atoms with Gasteiger partial charge in [-0.2, -0.15) is 4.31 Å². The number of aliphatic hydroxyl groups excluding tert-OH is 1. The third kappa shape index (κ3) is 4.00. The smallest absolute Gasteiger partial charge is 0.243 e. The Morgan fingerprint density at radius 2 is 2.10 bits per heavy atom. The molecule has 3 N–H and O–H groups in total. The minimum Gasteiger partial charge on any atom is -0.389 e. The Balaban J connectivity index is 2.98. The highest BCUT2D eigenvalue weighted by Crippen LogP contribution is 2.20. The first-order chi connectivity index (χ1) is 9.32. The molecular weight excluding hydrogens is 280 g/mol. The molecule has 0 fully saturated rings. The van der Waals surface area contributed by atoms with Crippen LogP contribution in [0.4, 0.5) is 0 Å². The fourth-order valence-corrected chi connectivity index (χ4v) is 3.35. The predicted molar refractivity (Wildman–Crippen MR) is 76.8 cm³/mol. The maximum absolute atomic E-state index is 12.4. The molecule has 0 aliphatic heterocycles. The summed E-state index contributed by atoms with van der Waals surface area (Å²) in [4.78, 5) is 0.224. The van der Waals surface area contributed by atoms with Crippen LogP contribution in [0.3, 0.4) is 0 Å². The Hall–Kier alpha value is -0.990. The molecule has 7 heteroatoms. The highest BCUT2D eigenvalue weighted by molar-refractivity contribution is 7.89. The van der Waals surface area contributed by atoms with E-state index >= 15 is 0 Å². The van der Waals surface area contributed by atoms with Crippen LogP contribution in [-0.2, 0) is 21.3 Å². The first-order valence-electron chi connectivity index (χ1n) is 6.25. The number of aliphatic hydroxyl groups is 1. The van der Waals surface area contributed by atoms with E-state index in [0.717, 1.165) is 9.87 Å². The molecule has 20 heavy (non-hydrogen) atoms. The van der Waals surface area contributed by atoms with Crippen LogP contribution in [0, 0.1) is 6.92 Å². The summed E-state index contributed by atoms with van der Waals surface area (Å²) in [6.07, 6.45) is -0.858. The third-order valence-corrected chi connectivity index (χ3v) is 4.97. The zero-order chi connectivity index (χ0) is 15.3. The Kier molecular flexibility index (Phi) is 6.09. The van der Waals surface area contributed by atoms with Crippen molar-refractivity contribution in [2.45, 2.75) is 24.5 Å². The Labute approximate surface area is 120 Å². The molecule has 1 atom stereocenters. The third-order valence-electron chi connectivity index (χ3n) is 2.99. The zero-order valence-electron chi connectivity index (χ0n) is 12.0. The Morgan fingerprint density at radius 3 is 2.60 bits per heavy atom. The van der Waals surface area contributed by atoms with E-state index in [9.17, 15) is 13.5 Å². The molecule has 0 saturated carbocycles. The van der Waals surface area contributed by atoms with Crippen LogP contribution >= 0.6 is 0 Å². The number of methoxy groups -OCH3 is 1. The molecule has 1 unspecified atom stereocenters. The van der Waals surface area contributed by atoms with Crippen molar-refractivity contribution in [3.63, 3.8) is 0 Å². The van der Waals surface area contributed by atoms with Gasteiger partial charge in [-0.3, -0.25) is 0 Å². The summed E-state index contributed by atoms with van der Waals surface area (Å²) in [6.45, 7) is 2.16. The van der Waals surface area contributed by atoms with Crippen LogP contribution in [0.5, 0.6) is 0 Å². The molecule has 1 rings (SSSR count). The van der Waals surface area contributed by atoms with Crippen LogP contribution in [0.2, 0.25) is 0 Å². The minimum absolute atomic E-state index is 0.0196. The van der Waals surface area contributed by atoms with E-state index in [1.54, 1.807) is 25.1 Å². The van der Waals surface area contributed by atoms with Crippen LogP contribution in [0.1, 0.15) is 11.1 Å². The maximum Gasteiger partial charge on any atom is 0.243 e. The van der Waals surface area contributed by atoms with E-state index in [2.05, 4.69) is 0 Å². The van der Waals surface area contributed by atoms with Crippen molar-refractivity contribution in [2.75, 3.05) is 27.3 Å². The van der Waals surface area contributed by atoms with Gasteiger partial charge in [0.1, 0.15) is 0 Å². The van der Waals surface area contributed by atoms with Crippen molar-refractivity contribution in [1.29, 1.82) is 0 Å². The van der Waals surface area contributed by atoms with Gasteiger partial charge in [0.05, 0.1) is 17.6 Å². The van der Waals surface area contributed by atoms with Gasteiger partial charge >= 0.3 is 0 Å². The van der Waals surface area contributed by atoms with Gasteiger partial charge in [-0.1, -0.05) is 12.1 Å². The second-order valence-corrected chi connectivity index (χ2v) is 6.71. The second-order valence-electron chi connectivity index (χ2n) is 4.70. The van der Waals surface area contributed by atoms with E-state index in [-0.39, 0.29) is 18.0 Å². The lowest BCUT2D eigenvalue weighted by Gasteiger charge is -2.21. The summed E-state index contributed by atoms with van der Waals surface area (Å²) in [6, 6.07) is 5.00. The number of nitrogens with two attached hydrogens (primary N) is 1. The zero-order valence-corrected chi connectivity index (χ0v) is 12.9. The van der Waals surface area contributed by atoms with Crippen molar-refractivity contribution in [3.05, 3.63) is 29.3 Å². The molecule has 1 aromatic rings. The lowest BCUT2D eigenvalue weighted by Crippen LogP contribution is -2.36. The molecule has 0 radical (unpaired) electrons. The van der Waals surface area contributed by atoms with Crippen molar-refractivity contribution in [1.82, 2.24) is 4.31 Å². The van der Waals surface area contributed by atoms with Gasteiger partial charge in [-0.15, -0.1) is 0 Å². The number of hydrogen-bond acceptors (Lipinski definition) is 5. The first kappa shape index (κ1) is 17.1. The monoisotopic (exact) mass is 302 g/mol. The number of likely N-dealkylation sites (N-methyl/N-ethyl adjacent to an activating group) is 1. The lowest BCUT2D eigenvalue weighted by molar-refractivity contribution is 0.0554. The predicted octanol–water partition coefficient (Wildman–Crippen LogP) is 0.0815. The lowest BCUT2D eigenvalue weighted by atomic mass is 10.1. The summed E-state index contributed by atoms with van der Waals surface area (Å²) >= 11 is 0. The Bertz CT molecular complexity index is 545. The van der Waals surface area contributed by atoms with Gasteiger partial charge in [0, 0.05) is 27.2 Å². The standard InChI is InChI=1S/C13H22N2O4S/c1-10-6-11(7-14)4-5-13(10)20(17,18)15(2)8-12(16)9-19-3/h4-6,12,16H,7-9,14H2,1-3H3. The van der Waals surface area contributed by atoms with Crippen LogP contribution in [0.15, 0.2) is 23.1 Å². The van der Waals surface area contributed by atoms with Gasteiger partial charge in [-0.05, 0) is 24.1 Å². The van der Waals surface area contributed by atoms with E-state index < -0.39 is 16.1 Å². The minimum atomic E-state index is -3.63. The molecule has 0 aliphatic rings. The number of hydrogen-bond donors (Lipinski definition) is 2. The summed E-state index contributed by atoms with van der Waals surface area (Å²) in [5, 5.41) is 9.63. The van der Waals surface area contributed by atoms with Gasteiger partial charge in [-0.25, -0.2) is 8.42 Å². The largest absolute Gasteiger partial charge is 0.389 e. The maximum atomic E-state index is 12.4. The topological polar surface area (TPSA) is 92.9 Å². The summed E-state index contributed by atoms with van der Waals surface area (Å²) in [7, 11) is -0.744. The molecule has 0 spiro atoms. The number of sulfonamides is 1. The van der Waals surface area contributed by atoms with Gasteiger partial charge in [0.25, 0.3) is 0 Å². The average Bonchev–Trinajstić information content (AvgIpc) is 2.38. The fourth-order valence-electron chi connectivity index (χ4n) is 1.94. The molecule has 0 saturated heterocycles. The number of benzene rings is 1. The van der Waals surface area contributed by atoms with Crippen molar-refractivity contribution < 1.29 is 18.3 Å². The average molecular weight is 302 g/mol. The highest BCUT2D eigenvalue weighted by Gasteiger charge is 2.24. The van der Waals surface area contributed by atoms with E-state index in [1.165, 1.54) is 14.2 Å². The summed E-state index contributed by atoms with van der Waals surface area (Å²) in [5.74, 6) is 0. The van der Waals surface area contributed by atoms with Gasteiger partial charge in [0.15, 0.2) is 0 Å². The molecule has 6 nitrogen and oxygen atoms in total. The van der Waals surface area contributed by atoms with E-state index in [1.807, 2.05) is 0 Å². The highest BCUT2D eigenvalue weighted by atomic mass is 32.2. The van der Waals surface area contributed by atoms with Crippen LogP contribution < -0.4 is 5.73 Å². The molecular formula is C13H22N2O4S. The summed E-state index contributed by atoms with van der Waals surface area (Å²) < 4.78 is 30.8. The van der Waals surface area contributed by atoms with Crippen molar-refractivity contribution >= 4 is 10.0 Å². The SMILES string of the molecule is COCC(O)CN(C)S(=O)(=O)c1ccc(CN)cc1C. The van der Waals surface area contributed by atoms with E-state index in [0.29, 0.717) is 12.1 Å². The summed E-state index contributed by atoms with van der Waals surface area (Å²) in [5.41, 5.74) is 7.05. The normalized spacial score (nSPS) is 13.7. The van der Waals surface area contributed by atoms with Gasteiger partial charge in [0.2, 0.25) is 10.0 Å². The molecule has 0 bridgehead atoms. The molecule has 0 aromatic heterocycles. The van der Waals surface area contributed by atoms with E-state index in [4.69, 9.17) is 10.5 Å². The fraction of sp³-hybridized carbons (Fsp3) is 0.538. The Morgan fingerprint density at radius 1 is 1.45 bits per heavy atom. The number of ether oxygens (including phenoxy) is 1. The number of aryl methyl sites for hydroxylation is 1. The van der Waals surface area contributed by atoms with Crippen molar-refractivity contribution in [3.8, 4) is 0 Å². The quantitative estimate of drug-likeness (QED) is 0.744. The molecule has 0 aliphatic carbocycles. The number of rotatable bonds is 7. The van der Waals surface area contributed by atoms with Gasteiger partial charge < -0.3 is 15.6 Å². The molecule has 0 amide bonds.